The molecule has 39 heavy (non-hydrogen) atoms. The fourth-order valence-corrected chi connectivity index (χ4v) is 5.20. The van der Waals surface area contributed by atoms with E-state index in [1.807, 2.05) is 6.07 Å². The summed E-state index contributed by atoms with van der Waals surface area (Å²) in [5.41, 5.74) is 2.72. The van der Waals surface area contributed by atoms with Gasteiger partial charge in [0.15, 0.2) is 6.29 Å². The van der Waals surface area contributed by atoms with E-state index in [-0.39, 0.29) is 24.8 Å². The molecular weight excluding hydrogens is 500 g/mol. The van der Waals surface area contributed by atoms with E-state index >= 15 is 0 Å². The number of hydrogen-bond acceptors (Lipinski definition) is 9. The zero-order valence-corrected chi connectivity index (χ0v) is 21.8. The first kappa shape index (κ1) is 26.5. The van der Waals surface area contributed by atoms with E-state index in [1.54, 1.807) is 11.0 Å². The standard InChI is InChI=1S/C27H32N8O4/c28-14-21-15-30-24(13-22(21)29-5-9-33-6-1-2-7-33)32-27(38)35-8-3-4-19-12-20(23(17-36)31-26(19)35)16-34-10-11-39-18-25(34)37/h12-13,15,17H,1-11,16,18H2,(H2,29,30,32,38). The number of nitrogens with zero attached hydrogens (tertiary/aromatic N) is 6. The zero-order valence-electron chi connectivity index (χ0n) is 21.8. The molecule has 2 fully saturated rings. The lowest BCUT2D eigenvalue weighted by Crippen LogP contribution is -2.42. The fraction of sp³-hybridized carbons (Fsp3) is 0.481. The first-order chi connectivity index (χ1) is 19.1. The van der Waals surface area contributed by atoms with E-state index in [1.165, 1.54) is 23.9 Å². The topological polar surface area (TPSA) is 144 Å². The minimum absolute atomic E-state index is 0.0296. The lowest BCUT2D eigenvalue weighted by Gasteiger charge is -2.30. The van der Waals surface area contributed by atoms with Crippen LogP contribution >= 0.6 is 0 Å². The number of hydrogen-bond donors (Lipinski definition) is 2. The monoisotopic (exact) mass is 532 g/mol. The molecule has 2 saturated heterocycles. The number of anilines is 3. The van der Waals surface area contributed by atoms with Gasteiger partial charge in [-0.3, -0.25) is 19.8 Å². The van der Waals surface area contributed by atoms with Crippen molar-refractivity contribution < 1.29 is 19.1 Å². The van der Waals surface area contributed by atoms with Gasteiger partial charge in [-0.25, -0.2) is 14.8 Å². The van der Waals surface area contributed by atoms with Crippen molar-refractivity contribution in [2.45, 2.75) is 32.2 Å². The SMILES string of the molecule is N#Cc1cnc(NC(=O)N2CCCc3cc(CN4CCOCC4=O)c(C=O)nc32)cc1NCCN1CCCC1. The van der Waals surface area contributed by atoms with Gasteiger partial charge in [-0.05, 0) is 50.4 Å². The van der Waals surface area contributed by atoms with E-state index < -0.39 is 6.03 Å². The number of urea groups is 1. The molecule has 0 radical (unpaired) electrons. The molecule has 0 aliphatic carbocycles. The number of carbonyl (C=O) groups excluding carboxylic acids is 3. The van der Waals surface area contributed by atoms with Crippen molar-refractivity contribution in [1.82, 2.24) is 19.8 Å². The minimum Gasteiger partial charge on any atom is -0.383 e. The molecule has 5 heterocycles. The van der Waals surface area contributed by atoms with Gasteiger partial charge in [0.1, 0.15) is 30.0 Å². The summed E-state index contributed by atoms with van der Waals surface area (Å²) >= 11 is 0. The number of ether oxygens (including phenoxy) is 1. The Labute approximate surface area is 226 Å². The van der Waals surface area contributed by atoms with Crippen molar-refractivity contribution in [3.8, 4) is 6.07 Å². The van der Waals surface area contributed by atoms with Crippen molar-refractivity contribution in [3.63, 3.8) is 0 Å². The summed E-state index contributed by atoms with van der Waals surface area (Å²) in [5, 5.41) is 15.6. The lowest BCUT2D eigenvalue weighted by molar-refractivity contribution is -0.143. The van der Waals surface area contributed by atoms with Crippen molar-refractivity contribution in [1.29, 1.82) is 5.26 Å². The molecule has 3 amide bonds. The largest absolute Gasteiger partial charge is 0.383 e. The van der Waals surface area contributed by atoms with Crippen LogP contribution in [0.3, 0.4) is 0 Å². The van der Waals surface area contributed by atoms with E-state index in [4.69, 9.17) is 4.74 Å². The van der Waals surface area contributed by atoms with E-state index in [9.17, 15) is 19.6 Å². The Morgan fingerprint density at radius 2 is 2.03 bits per heavy atom. The van der Waals surface area contributed by atoms with Crippen LogP contribution in [-0.4, -0.2) is 90.5 Å². The van der Waals surface area contributed by atoms with Gasteiger partial charge in [0, 0.05) is 50.6 Å². The Hall–Kier alpha value is -4.08. The van der Waals surface area contributed by atoms with Gasteiger partial charge in [-0.2, -0.15) is 5.26 Å². The third kappa shape index (κ3) is 6.16. The molecule has 0 aromatic carbocycles. The average molecular weight is 533 g/mol. The first-order valence-electron chi connectivity index (χ1n) is 13.3. The second-order valence-corrected chi connectivity index (χ2v) is 9.89. The second-order valence-electron chi connectivity index (χ2n) is 9.89. The lowest BCUT2D eigenvalue weighted by atomic mass is 10.0. The third-order valence-corrected chi connectivity index (χ3v) is 7.28. The molecule has 12 heteroatoms. The van der Waals surface area contributed by atoms with Crippen molar-refractivity contribution >= 4 is 35.5 Å². The molecule has 0 saturated carbocycles. The third-order valence-electron chi connectivity index (χ3n) is 7.28. The summed E-state index contributed by atoms with van der Waals surface area (Å²) in [6, 6.07) is 5.26. The molecule has 2 N–H and O–H groups in total. The number of rotatable bonds is 8. The quantitative estimate of drug-likeness (QED) is 0.488. The van der Waals surface area contributed by atoms with Crippen LogP contribution in [-0.2, 0) is 22.5 Å². The van der Waals surface area contributed by atoms with Gasteiger partial charge in [0.25, 0.3) is 0 Å². The summed E-state index contributed by atoms with van der Waals surface area (Å²) in [4.78, 5) is 51.7. The maximum atomic E-state index is 13.3. The predicted octanol–water partition coefficient (Wildman–Crippen LogP) is 2.01. The number of fused-ring (bicyclic) bond motifs is 1. The molecule has 0 bridgehead atoms. The van der Waals surface area contributed by atoms with Gasteiger partial charge < -0.3 is 19.9 Å². The highest BCUT2D eigenvalue weighted by atomic mass is 16.5. The number of likely N-dealkylation sites (tertiary alicyclic amines) is 1. The maximum Gasteiger partial charge on any atom is 0.328 e. The highest BCUT2D eigenvalue weighted by Crippen LogP contribution is 2.29. The highest BCUT2D eigenvalue weighted by molar-refractivity contribution is 6.01. The maximum absolute atomic E-state index is 13.3. The summed E-state index contributed by atoms with van der Waals surface area (Å²) in [6.45, 7) is 5.38. The molecule has 0 spiro atoms. The number of pyridine rings is 2. The van der Waals surface area contributed by atoms with Crippen molar-refractivity contribution in [2.75, 3.05) is 68.0 Å². The van der Waals surface area contributed by atoms with Gasteiger partial charge in [-0.15, -0.1) is 0 Å². The molecule has 2 aromatic rings. The smallest absolute Gasteiger partial charge is 0.328 e. The van der Waals surface area contributed by atoms with Crippen LogP contribution in [0, 0.1) is 11.3 Å². The number of morpholine rings is 1. The highest BCUT2D eigenvalue weighted by Gasteiger charge is 2.28. The van der Waals surface area contributed by atoms with Crippen LogP contribution in [0.2, 0.25) is 0 Å². The van der Waals surface area contributed by atoms with Crippen LogP contribution < -0.4 is 15.5 Å². The molecular formula is C27H32N8O4. The summed E-state index contributed by atoms with van der Waals surface area (Å²) in [7, 11) is 0. The van der Waals surface area contributed by atoms with Gasteiger partial charge in [-0.1, -0.05) is 0 Å². The van der Waals surface area contributed by atoms with E-state index in [0.29, 0.717) is 67.4 Å². The summed E-state index contributed by atoms with van der Waals surface area (Å²) in [5.74, 6) is 0.611. The Morgan fingerprint density at radius 1 is 1.18 bits per heavy atom. The van der Waals surface area contributed by atoms with Crippen LogP contribution in [0.25, 0.3) is 0 Å². The van der Waals surface area contributed by atoms with Crippen molar-refractivity contribution in [3.05, 3.63) is 40.7 Å². The second kappa shape index (κ2) is 12.2. The average Bonchev–Trinajstić information content (AvgIpc) is 3.47. The van der Waals surface area contributed by atoms with Gasteiger partial charge in [0.05, 0.1) is 17.9 Å². The van der Waals surface area contributed by atoms with Gasteiger partial charge in [0.2, 0.25) is 5.91 Å². The normalized spacial score (nSPS) is 17.5. The van der Waals surface area contributed by atoms with Crippen LogP contribution in [0.4, 0.5) is 22.1 Å². The number of amides is 3. The predicted molar refractivity (Wildman–Crippen MR) is 144 cm³/mol. The zero-order chi connectivity index (χ0) is 27.2. The first-order valence-corrected chi connectivity index (χ1v) is 13.3. The molecule has 0 unspecified atom stereocenters. The Kier molecular flexibility index (Phi) is 8.29. The molecule has 0 atom stereocenters. The molecule has 3 aliphatic rings. The molecule has 12 nitrogen and oxygen atoms in total. The van der Waals surface area contributed by atoms with Crippen LogP contribution in [0.15, 0.2) is 18.3 Å². The summed E-state index contributed by atoms with van der Waals surface area (Å²) in [6.07, 6.45) is 5.96. The number of nitrogens with one attached hydrogen (secondary N) is 2. The number of carbonyl (C=O) groups is 3. The van der Waals surface area contributed by atoms with Crippen LogP contribution in [0.1, 0.15) is 46.4 Å². The fourth-order valence-electron chi connectivity index (χ4n) is 5.20. The Balaban J connectivity index is 1.30. The Morgan fingerprint density at radius 3 is 2.79 bits per heavy atom. The van der Waals surface area contributed by atoms with Gasteiger partial charge >= 0.3 is 6.03 Å². The van der Waals surface area contributed by atoms with Crippen molar-refractivity contribution in [2.24, 2.45) is 0 Å². The van der Waals surface area contributed by atoms with Crippen LogP contribution in [0.5, 0.6) is 0 Å². The summed E-state index contributed by atoms with van der Waals surface area (Å²) < 4.78 is 5.19. The number of aldehydes is 1. The number of aromatic nitrogens is 2. The molecule has 5 rings (SSSR count). The molecule has 2 aromatic heterocycles. The number of aryl methyl sites for hydroxylation is 1. The molecule has 204 valence electrons. The Bertz CT molecular complexity index is 1290. The minimum atomic E-state index is -0.420. The number of nitriles is 1. The van der Waals surface area contributed by atoms with E-state index in [2.05, 4.69) is 31.6 Å². The molecule has 3 aliphatic heterocycles. The van der Waals surface area contributed by atoms with E-state index in [0.717, 1.165) is 31.6 Å².